The van der Waals surface area contributed by atoms with Crippen LogP contribution in [0.15, 0.2) is 11.0 Å². The molecule has 0 aromatic carbocycles. The highest BCUT2D eigenvalue weighted by Gasteiger charge is 2.19. The second kappa shape index (κ2) is 4.00. The predicted molar refractivity (Wildman–Crippen MR) is 52.9 cm³/mol. The van der Waals surface area contributed by atoms with E-state index in [1.165, 1.54) is 4.57 Å². The molecule has 0 radical (unpaired) electrons. The highest BCUT2D eigenvalue weighted by molar-refractivity contribution is 5.38. The Bertz CT molecular complexity index is 410. The molecular weight excluding hydrogens is 198 g/mol. The molecular formula is C9H13N3O3. The van der Waals surface area contributed by atoms with Gasteiger partial charge in [0.1, 0.15) is 6.23 Å². The maximum Gasteiger partial charge on any atom is 0.351 e. The second-order valence-corrected chi connectivity index (χ2v) is 3.54. The summed E-state index contributed by atoms with van der Waals surface area (Å²) in [6, 6.07) is 0. The van der Waals surface area contributed by atoms with Crippen molar-refractivity contribution in [3.63, 3.8) is 0 Å². The van der Waals surface area contributed by atoms with E-state index in [1.807, 2.05) is 5.48 Å². The molecule has 0 spiro atoms. The van der Waals surface area contributed by atoms with Crippen molar-refractivity contribution in [2.24, 2.45) is 0 Å². The van der Waals surface area contributed by atoms with Crippen LogP contribution < -0.4 is 11.2 Å². The third-order valence-corrected chi connectivity index (χ3v) is 2.46. The topological polar surface area (TPSA) is 76.4 Å². The summed E-state index contributed by atoms with van der Waals surface area (Å²) in [7, 11) is 0. The Morgan fingerprint density at radius 1 is 1.73 bits per heavy atom. The lowest BCUT2D eigenvalue weighted by molar-refractivity contribution is 0.0526. The van der Waals surface area contributed by atoms with E-state index in [9.17, 15) is 4.79 Å². The van der Waals surface area contributed by atoms with Crippen molar-refractivity contribution in [1.29, 1.82) is 0 Å². The van der Waals surface area contributed by atoms with Crippen LogP contribution in [0.5, 0.6) is 0 Å². The summed E-state index contributed by atoms with van der Waals surface area (Å²) in [4.78, 5) is 15.3. The SMILES string of the molecule is Cc1cn([C@@H]2CCCO2)c(=O)nc1NO. The third kappa shape index (κ3) is 1.86. The molecule has 1 aliphatic heterocycles. The normalized spacial score (nSPS) is 20.5. The van der Waals surface area contributed by atoms with Gasteiger partial charge in [-0.2, -0.15) is 4.98 Å². The van der Waals surface area contributed by atoms with Crippen LogP contribution >= 0.6 is 0 Å². The quantitative estimate of drug-likeness (QED) is 0.703. The molecule has 0 saturated carbocycles. The van der Waals surface area contributed by atoms with E-state index in [4.69, 9.17) is 9.94 Å². The first kappa shape index (κ1) is 10.1. The van der Waals surface area contributed by atoms with Gasteiger partial charge in [-0.1, -0.05) is 0 Å². The van der Waals surface area contributed by atoms with Gasteiger partial charge in [-0.15, -0.1) is 0 Å². The number of hydrogen-bond acceptors (Lipinski definition) is 5. The van der Waals surface area contributed by atoms with Crippen molar-refractivity contribution in [2.45, 2.75) is 26.0 Å². The predicted octanol–water partition coefficient (Wildman–Crippen LogP) is 0.662. The molecule has 6 nitrogen and oxygen atoms in total. The molecule has 2 N–H and O–H groups in total. The maximum atomic E-state index is 11.6. The molecule has 6 heteroatoms. The molecule has 2 rings (SSSR count). The molecule has 1 atom stereocenters. The van der Waals surface area contributed by atoms with Crippen molar-refractivity contribution in [1.82, 2.24) is 9.55 Å². The van der Waals surface area contributed by atoms with Gasteiger partial charge in [-0.25, -0.2) is 4.79 Å². The molecule has 1 aromatic heterocycles. The van der Waals surface area contributed by atoms with Crippen molar-refractivity contribution < 1.29 is 9.94 Å². The van der Waals surface area contributed by atoms with Crippen LogP contribution in [0.1, 0.15) is 24.6 Å². The minimum Gasteiger partial charge on any atom is -0.358 e. The maximum absolute atomic E-state index is 11.6. The Labute approximate surface area is 86.5 Å². The largest absolute Gasteiger partial charge is 0.358 e. The molecule has 0 bridgehead atoms. The van der Waals surface area contributed by atoms with E-state index >= 15 is 0 Å². The average molecular weight is 211 g/mol. The first-order chi connectivity index (χ1) is 7.22. The van der Waals surface area contributed by atoms with Crippen LogP contribution in [-0.2, 0) is 4.74 Å². The summed E-state index contributed by atoms with van der Waals surface area (Å²) >= 11 is 0. The van der Waals surface area contributed by atoms with Gasteiger partial charge in [0.15, 0.2) is 5.82 Å². The van der Waals surface area contributed by atoms with E-state index in [-0.39, 0.29) is 12.0 Å². The van der Waals surface area contributed by atoms with Crippen LogP contribution in [0, 0.1) is 6.92 Å². The average Bonchev–Trinajstić information content (AvgIpc) is 2.74. The molecule has 82 valence electrons. The summed E-state index contributed by atoms with van der Waals surface area (Å²) in [5, 5.41) is 8.71. The number of ether oxygens (including phenoxy) is 1. The van der Waals surface area contributed by atoms with Gasteiger partial charge in [-0.05, 0) is 19.8 Å². The minimum absolute atomic E-state index is 0.189. The van der Waals surface area contributed by atoms with Crippen LogP contribution in [0.2, 0.25) is 0 Å². The van der Waals surface area contributed by atoms with E-state index in [1.54, 1.807) is 13.1 Å². The first-order valence-electron chi connectivity index (χ1n) is 4.84. The van der Waals surface area contributed by atoms with E-state index in [0.29, 0.717) is 12.2 Å². The molecule has 1 aromatic rings. The Morgan fingerprint density at radius 3 is 3.13 bits per heavy atom. The summed E-state index contributed by atoms with van der Waals surface area (Å²) in [6.07, 6.45) is 3.21. The number of aromatic nitrogens is 2. The molecule has 2 heterocycles. The highest BCUT2D eigenvalue weighted by Crippen LogP contribution is 2.21. The van der Waals surface area contributed by atoms with Gasteiger partial charge >= 0.3 is 5.69 Å². The molecule has 0 aliphatic carbocycles. The van der Waals surface area contributed by atoms with Crippen molar-refractivity contribution in [3.05, 3.63) is 22.2 Å². The standard InChI is InChI=1S/C9H13N3O3/c1-6-5-12(7-3-2-4-15-7)9(13)10-8(6)11-14/h5,7,14H,2-4H2,1H3,(H,10,11,13)/t7-/m0/s1. The Hall–Kier alpha value is -1.40. The number of anilines is 1. The Morgan fingerprint density at radius 2 is 2.53 bits per heavy atom. The second-order valence-electron chi connectivity index (χ2n) is 3.54. The van der Waals surface area contributed by atoms with Gasteiger partial charge in [0.05, 0.1) is 0 Å². The number of nitrogens with zero attached hydrogens (tertiary/aromatic N) is 2. The first-order valence-corrected chi connectivity index (χ1v) is 4.84. The summed E-state index contributed by atoms with van der Waals surface area (Å²) < 4.78 is 6.85. The van der Waals surface area contributed by atoms with Gasteiger partial charge < -0.3 is 4.74 Å². The number of rotatable bonds is 2. The van der Waals surface area contributed by atoms with E-state index in [2.05, 4.69) is 4.98 Å². The van der Waals surface area contributed by atoms with Gasteiger partial charge in [0.25, 0.3) is 0 Å². The molecule has 1 saturated heterocycles. The number of nitrogens with one attached hydrogen (secondary N) is 1. The van der Waals surface area contributed by atoms with Crippen LogP contribution in [-0.4, -0.2) is 21.4 Å². The van der Waals surface area contributed by atoms with E-state index in [0.717, 1.165) is 12.8 Å². The number of hydrogen-bond donors (Lipinski definition) is 2. The zero-order chi connectivity index (χ0) is 10.8. The highest BCUT2D eigenvalue weighted by atomic mass is 16.5. The van der Waals surface area contributed by atoms with Gasteiger partial charge in [-0.3, -0.25) is 15.3 Å². The number of aryl methyl sites for hydroxylation is 1. The summed E-state index contributed by atoms with van der Waals surface area (Å²) in [5.41, 5.74) is 2.18. The Kier molecular flexibility index (Phi) is 2.70. The summed E-state index contributed by atoms with van der Waals surface area (Å²) in [6.45, 7) is 2.44. The fourth-order valence-electron chi connectivity index (χ4n) is 1.67. The lowest BCUT2D eigenvalue weighted by atomic mass is 10.3. The Balaban J connectivity index is 2.40. The minimum atomic E-state index is -0.413. The zero-order valence-corrected chi connectivity index (χ0v) is 8.43. The lowest BCUT2D eigenvalue weighted by Gasteiger charge is -2.14. The van der Waals surface area contributed by atoms with Crippen molar-refractivity contribution in [2.75, 3.05) is 12.1 Å². The smallest absolute Gasteiger partial charge is 0.351 e. The van der Waals surface area contributed by atoms with Crippen molar-refractivity contribution >= 4 is 5.82 Å². The molecule has 15 heavy (non-hydrogen) atoms. The molecule has 1 fully saturated rings. The monoisotopic (exact) mass is 211 g/mol. The zero-order valence-electron chi connectivity index (χ0n) is 8.43. The summed E-state index contributed by atoms with van der Waals surface area (Å²) in [5.74, 6) is 0.189. The lowest BCUT2D eigenvalue weighted by Crippen LogP contribution is -2.27. The van der Waals surface area contributed by atoms with Crippen LogP contribution in [0.25, 0.3) is 0 Å². The van der Waals surface area contributed by atoms with Gasteiger partial charge in [0, 0.05) is 18.4 Å². The molecule has 0 unspecified atom stereocenters. The van der Waals surface area contributed by atoms with Crippen LogP contribution in [0.4, 0.5) is 5.82 Å². The van der Waals surface area contributed by atoms with E-state index < -0.39 is 5.69 Å². The third-order valence-electron chi connectivity index (χ3n) is 2.46. The fourth-order valence-corrected chi connectivity index (χ4v) is 1.67. The molecule has 1 aliphatic rings. The van der Waals surface area contributed by atoms with Crippen LogP contribution in [0.3, 0.4) is 0 Å². The van der Waals surface area contributed by atoms with Crippen molar-refractivity contribution in [3.8, 4) is 0 Å². The fraction of sp³-hybridized carbons (Fsp3) is 0.556. The van der Waals surface area contributed by atoms with Gasteiger partial charge in [0.2, 0.25) is 0 Å². The molecule has 0 amide bonds.